The minimum atomic E-state index is -4.59. The summed E-state index contributed by atoms with van der Waals surface area (Å²) in [5.74, 6) is -0.291. The van der Waals surface area contributed by atoms with Crippen LogP contribution in [0.3, 0.4) is 0 Å². The van der Waals surface area contributed by atoms with E-state index in [1.54, 1.807) is 35.2 Å². The topological polar surface area (TPSA) is 90.4 Å². The zero-order valence-electron chi connectivity index (χ0n) is 18.3. The summed E-state index contributed by atoms with van der Waals surface area (Å²) in [6, 6.07) is 6.73. The molecule has 0 aliphatic carbocycles. The summed E-state index contributed by atoms with van der Waals surface area (Å²) >= 11 is 0. The van der Waals surface area contributed by atoms with E-state index >= 15 is 0 Å². The van der Waals surface area contributed by atoms with Gasteiger partial charge in [0.15, 0.2) is 5.69 Å². The van der Waals surface area contributed by atoms with Crippen LogP contribution in [0, 0.1) is 0 Å². The van der Waals surface area contributed by atoms with E-state index in [0.29, 0.717) is 24.1 Å². The molecule has 0 radical (unpaired) electrons. The number of amides is 1. The Morgan fingerprint density at radius 1 is 1.14 bits per heavy atom. The maximum atomic E-state index is 13.6. The molecule has 4 aromatic rings. The maximum absolute atomic E-state index is 13.6. The van der Waals surface area contributed by atoms with Gasteiger partial charge in [-0.25, -0.2) is 9.97 Å². The van der Waals surface area contributed by atoms with Gasteiger partial charge in [0.2, 0.25) is 5.65 Å². The van der Waals surface area contributed by atoms with Gasteiger partial charge in [-0.15, -0.1) is 6.58 Å². The molecule has 1 aliphatic rings. The predicted octanol–water partition coefficient (Wildman–Crippen LogP) is 3.57. The first-order valence-corrected chi connectivity index (χ1v) is 10.8. The number of likely N-dealkylation sites (tertiary alicyclic amines) is 1. The number of alkyl halides is 3. The summed E-state index contributed by atoms with van der Waals surface area (Å²) in [7, 11) is 0. The number of ether oxygens (including phenoxy) is 1. The van der Waals surface area contributed by atoms with E-state index in [1.807, 2.05) is 0 Å². The molecule has 5 rings (SSSR count). The molecule has 0 unspecified atom stereocenters. The van der Waals surface area contributed by atoms with Gasteiger partial charge in [0.1, 0.15) is 6.10 Å². The van der Waals surface area contributed by atoms with Gasteiger partial charge in [0, 0.05) is 18.6 Å². The van der Waals surface area contributed by atoms with Gasteiger partial charge >= 0.3 is 6.18 Å². The lowest BCUT2D eigenvalue weighted by molar-refractivity contribution is -0.140. The number of halogens is 3. The van der Waals surface area contributed by atoms with Crippen molar-refractivity contribution in [2.24, 2.45) is 0 Å². The number of imidazole rings is 1. The number of carbonyl (C=O) groups excluding carboxylic acids is 1. The normalized spacial score (nSPS) is 18.5. The van der Waals surface area contributed by atoms with Crippen molar-refractivity contribution in [3.63, 3.8) is 0 Å². The highest BCUT2D eigenvalue weighted by molar-refractivity contribution is 5.98. The van der Waals surface area contributed by atoms with E-state index in [-0.39, 0.29) is 30.0 Å². The molecule has 180 valence electrons. The number of para-hydroxylation sites is 1. The predicted molar refractivity (Wildman–Crippen MR) is 118 cm³/mol. The summed E-state index contributed by atoms with van der Waals surface area (Å²) in [4.78, 5) is 24.4. The van der Waals surface area contributed by atoms with Crippen molar-refractivity contribution in [1.29, 1.82) is 0 Å². The highest BCUT2D eigenvalue weighted by Crippen LogP contribution is 2.31. The molecular weight excluding hydrogens is 463 g/mol. The molecule has 0 saturated carbocycles. The molecule has 4 heterocycles. The van der Waals surface area contributed by atoms with Crippen molar-refractivity contribution in [1.82, 2.24) is 34.3 Å². The van der Waals surface area contributed by atoms with E-state index in [4.69, 9.17) is 4.74 Å². The molecule has 0 bridgehead atoms. The molecule has 2 atom stereocenters. The third kappa shape index (κ3) is 4.34. The van der Waals surface area contributed by atoms with Gasteiger partial charge in [-0.2, -0.15) is 28.2 Å². The molecule has 1 aliphatic heterocycles. The summed E-state index contributed by atoms with van der Waals surface area (Å²) in [5.41, 5.74) is -0.152. The van der Waals surface area contributed by atoms with Crippen molar-refractivity contribution in [2.45, 2.75) is 31.2 Å². The summed E-state index contributed by atoms with van der Waals surface area (Å²) in [5, 5.41) is 8.25. The van der Waals surface area contributed by atoms with Gasteiger partial charge in [0.05, 0.1) is 36.2 Å². The molecule has 0 spiro atoms. The monoisotopic (exact) mass is 483 g/mol. The SMILES string of the molecule is C=C[C@@H]1CC[C@@H](Oc2nccn3cc(C(F)(F)F)nc23)CN1C(=O)c1ccccc1-n1nccn1. The third-order valence-electron chi connectivity index (χ3n) is 5.80. The molecule has 12 heteroatoms. The fourth-order valence-corrected chi connectivity index (χ4v) is 4.13. The maximum Gasteiger partial charge on any atom is 0.434 e. The molecule has 1 fully saturated rings. The van der Waals surface area contributed by atoms with Crippen LogP contribution in [0.1, 0.15) is 28.9 Å². The Hall–Kier alpha value is -4.22. The number of nitrogens with zero attached hydrogens (tertiary/aromatic N) is 7. The second kappa shape index (κ2) is 8.85. The number of benzene rings is 1. The van der Waals surface area contributed by atoms with Crippen molar-refractivity contribution >= 4 is 11.6 Å². The second-order valence-corrected chi connectivity index (χ2v) is 8.00. The minimum Gasteiger partial charge on any atom is -0.470 e. The molecule has 9 nitrogen and oxygen atoms in total. The van der Waals surface area contributed by atoms with Crippen LogP contribution in [0.15, 0.2) is 67.9 Å². The smallest absolute Gasteiger partial charge is 0.434 e. The Balaban J connectivity index is 1.42. The van der Waals surface area contributed by atoms with Crippen LogP contribution in [0.5, 0.6) is 5.88 Å². The van der Waals surface area contributed by atoms with Crippen molar-refractivity contribution in [3.05, 3.63) is 79.2 Å². The molecule has 3 aromatic heterocycles. The number of hydrogen-bond donors (Lipinski definition) is 0. The zero-order valence-corrected chi connectivity index (χ0v) is 18.3. The number of aromatic nitrogens is 6. The zero-order chi connectivity index (χ0) is 24.6. The van der Waals surface area contributed by atoms with E-state index in [2.05, 4.69) is 26.7 Å². The van der Waals surface area contributed by atoms with Crippen LogP contribution >= 0.6 is 0 Å². The van der Waals surface area contributed by atoms with Crippen LogP contribution in [-0.4, -0.2) is 58.9 Å². The van der Waals surface area contributed by atoms with Gasteiger partial charge in [-0.05, 0) is 25.0 Å². The number of fused-ring (bicyclic) bond motifs is 1. The van der Waals surface area contributed by atoms with Gasteiger partial charge in [0.25, 0.3) is 11.8 Å². The van der Waals surface area contributed by atoms with Gasteiger partial charge in [-0.3, -0.25) is 4.79 Å². The van der Waals surface area contributed by atoms with E-state index in [0.717, 1.165) is 6.20 Å². The first-order valence-electron chi connectivity index (χ1n) is 10.8. The van der Waals surface area contributed by atoms with Crippen molar-refractivity contribution in [2.75, 3.05) is 6.54 Å². The van der Waals surface area contributed by atoms with Crippen LogP contribution in [0.2, 0.25) is 0 Å². The first-order chi connectivity index (χ1) is 16.8. The Morgan fingerprint density at radius 3 is 2.66 bits per heavy atom. The average molecular weight is 483 g/mol. The van der Waals surface area contributed by atoms with Crippen LogP contribution < -0.4 is 4.74 Å². The lowest BCUT2D eigenvalue weighted by Crippen LogP contribution is -2.49. The summed E-state index contributed by atoms with van der Waals surface area (Å²) < 4.78 is 46.6. The summed E-state index contributed by atoms with van der Waals surface area (Å²) in [6.45, 7) is 4.05. The fourth-order valence-electron chi connectivity index (χ4n) is 4.13. The highest BCUT2D eigenvalue weighted by atomic mass is 19.4. The standard InChI is InChI=1S/C23H20F3N7O2/c1-2-15-7-8-16(35-21-20-30-19(23(24,25)26)14-31(20)12-11-27-21)13-32(15)22(34)17-5-3-4-6-18(17)33-28-9-10-29-33/h2-6,9-12,14-16H,1,7-8,13H2/t15-,16-/m1/s1. The minimum absolute atomic E-state index is 0.0291. The molecule has 1 aromatic carbocycles. The van der Waals surface area contributed by atoms with Gasteiger partial charge < -0.3 is 14.0 Å². The Morgan fingerprint density at radius 2 is 1.91 bits per heavy atom. The fraction of sp³-hybridized carbons (Fsp3) is 0.261. The number of carbonyl (C=O) groups is 1. The average Bonchev–Trinajstić information content (AvgIpc) is 3.54. The number of rotatable bonds is 5. The molecule has 1 amide bonds. The lowest BCUT2D eigenvalue weighted by atomic mass is 9.98. The third-order valence-corrected chi connectivity index (χ3v) is 5.80. The van der Waals surface area contributed by atoms with Gasteiger partial charge in [-0.1, -0.05) is 18.2 Å². The van der Waals surface area contributed by atoms with E-state index < -0.39 is 18.0 Å². The van der Waals surface area contributed by atoms with Crippen LogP contribution in [-0.2, 0) is 6.18 Å². The Labute approximate surface area is 197 Å². The number of hydrogen-bond acceptors (Lipinski definition) is 6. The molecule has 35 heavy (non-hydrogen) atoms. The van der Waals surface area contributed by atoms with E-state index in [1.165, 1.54) is 34.0 Å². The lowest BCUT2D eigenvalue weighted by Gasteiger charge is -2.38. The largest absolute Gasteiger partial charge is 0.470 e. The van der Waals surface area contributed by atoms with Crippen molar-refractivity contribution in [3.8, 4) is 11.6 Å². The highest BCUT2D eigenvalue weighted by Gasteiger charge is 2.36. The van der Waals surface area contributed by atoms with Crippen LogP contribution in [0.25, 0.3) is 11.3 Å². The Kier molecular flexibility index (Phi) is 5.71. The van der Waals surface area contributed by atoms with Crippen molar-refractivity contribution < 1.29 is 22.7 Å². The quantitative estimate of drug-likeness (QED) is 0.403. The number of piperidine rings is 1. The summed E-state index contributed by atoms with van der Waals surface area (Å²) in [6.07, 6.45) is 4.36. The Bertz CT molecular complexity index is 1370. The van der Waals surface area contributed by atoms with E-state index in [9.17, 15) is 18.0 Å². The second-order valence-electron chi connectivity index (χ2n) is 8.00. The molecular formula is C23H20F3N7O2. The van der Waals surface area contributed by atoms with Crippen LogP contribution in [0.4, 0.5) is 13.2 Å². The molecule has 0 N–H and O–H groups in total. The first kappa shape index (κ1) is 22.6. The molecule has 1 saturated heterocycles.